The van der Waals surface area contributed by atoms with E-state index in [0.717, 1.165) is 0 Å². The van der Waals surface area contributed by atoms with E-state index in [2.05, 4.69) is 31.2 Å². The Balaban J connectivity index is 2.43. The first-order valence-corrected chi connectivity index (χ1v) is 4.04. The van der Waals surface area contributed by atoms with Gasteiger partial charge in [0.15, 0.2) is 5.69 Å². The van der Waals surface area contributed by atoms with Gasteiger partial charge in [-0.15, -0.1) is 0 Å². The minimum atomic E-state index is 0.419. The maximum Gasteiger partial charge on any atom is 0.279 e. The Hall–Kier alpha value is -1.17. The summed E-state index contributed by atoms with van der Waals surface area (Å²) in [5.41, 5.74) is 0.677. The second-order valence-corrected chi connectivity index (χ2v) is 2.95. The van der Waals surface area contributed by atoms with Crippen molar-refractivity contribution in [2.75, 3.05) is 0 Å². The van der Waals surface area contributed by atoms with Crippen LogP contribution in [-0.4, -0.2) is 19.9 Å². The second kappa shape index (κ2) is 2.71. The van der Waals surface area contributed by atoms with Gasteiger partial charge in [-0.3, -0.25) is 4.68 Å². The molecule has 0 atom stereocenters. The topological polar surface area (TPSA) is 56.7 Å². The Morgan fingerprint density at radius 2 is 2.42 bits per heavy atom. The van der Waals surface area contributed by atoms with Gasteiger partial charge in [0.1, 0.15) is 0 Å². The largest absolute Gasteiger partial charge is 0.331 e. The summed E-state index contributed by atoms with van der Waals surface area (Å²) in [7, 11) is 1.83. The molecule has 62 valence electrons. The highest BCUT2D eigenvalue weighted by atomic mass is 79.9. The summed E-state index contributed by atoms with van der Waals surface area (Å²) in [5, 5.41) is 7.68. The van der Waals surface area contributed by atoms with Gasteiger partial charge < -0.3 is 4.52 Å². The fourth-order valence-corrected chi connectivity index (χ4v) is 1.07. The molecular weight excluding hydrogens is 224 g/mol. The van der Waals surface area contributed by atoms with E-state index in [1.807, 2.05) is 13.2 Å². The number of hydrogen-bond donors (Lipinski definition) is 0. The summed E-state index contributed by atoms with van der Waals surface area (Å²) >= 11 is 3.09. The molecule has 0 saturated heterocycles. The number of aromatic nitrogens is 4. The van der Waals surface area contributed by atoms with Gasteiger partial charge in [-0.2, -0.15) is 10.1 Å². The molecule has 0 aromatic carbocycles. The molecule has 2 aromatic rings. The summed E-state index contributed by atoms with van der Waals surface area (Å²) in [5.74, 6) is 0.419. The van der Waals surface area contributed by atoms with Crippen LogP contribution >= 0.6 is 15.9 Å². The Morgan fingerprint density at radius 3 is 2.92 bits per heavy atom. The average molecular weight is 229 g/mol. The number of rotatable bonds is 1. The van der Waals surface area contributed by atoms with Crippen molar-refractivity contribution in [1.82, 2.24) is 19.9 Å². The zero-order chi connectivity index (χ0) is 8.55. The summed E-state index contributed by atoms with van der Waals surface area (Å²) < 4.78 is 6.99. The molecule has 2 aromatic heterocycles. The van der Waals surface area contributed by atoms with Crippen LogP contribution in [0.25, 0.3) is 11.6 Å². The molecule has 0 unspecified atom stereocenters. The molecule has 0 saturated carbocycles. The molecule has 0 N–H and O–H groups in total. The predicted octanol–water partition coefficient (Wildman–Crippen LogP) is 1.23. The SMILES string of the molecule is Cn1ccc(-c2nc(Br)no2)n1. The highest BCUT2D eigenvalue weighted by molar-refractivity contribution is 9.10. The summed E-state index contributed by atoms with van der Waals surface area (Å²) in [6.45, 7) is 0. The van der Waals surface area contributed by atoms with Gasteiger partial charge in [0.25, 0.3) is 5.89 Å². The van der Waals surface area contributed by atoms with Crippen molar-refractivity contribution in [3.63, 3.8) is 0 Å². The van der Waals surface area contributed by atoms with E-state index in [1.54, 1.807) is 10.7 Å². The molecule has 2 heterocycles. The van der Waals surface area contributed by atoms with Crippen LogP contribution in [0.3, 0.4) is 0 Å². The third-order valence-corrected chi connectivity index (χ3v) is 1.66. The molecule has 0 spiro atoms. The standard InChI is InChI=1S/C6H5BrN4O/c1-11-3-2-4(9-11)5-8-6(7)10-12-5/h2-3H,1H3. The van der Waals surface area contributed by atoms with Crippen molar-refractivity contribution >= 4 is 15.9 Å². The number of halogens is 1. The van der Waals surface area contributed by atoms with E-state index in [9.17, 15) is 0 Å². The fourth-order valence-electron chi connectivity index (χ4n) is 0.839. The second-order valence-electron chi connectivity index (χ2n) is 2.24. The first-order chi connectivity index (χ1) is 5.75. The monoisotopic (exact) mass is 228 g/mol. The van der Waals surface area contributed by atoms with Crippen LogP contribution in [0.1, 0.15) is 0 Å². The van der Waals surface area contributed by atoms with E-state index >= 15 is 0 Å². The van der Waals surface area contributed by atoms with E-state index in [-0.39, 0.29) is 0 Å². The summed E-state index contributed by atoms with van der Waals surface area (Å²) in [6, 6.07) is 1.81. The molecule has 12 heavy (non-hydrogen) atoms. The molecule has 2 rings (SSSR count). The summed E-state index contributed by atoms with van der Waals surface area (Å²) in [6.07, 6.45) is 1.81. The average Bonchev–Trinajstić information content (AvgIpc) is 2.58. The maximum absolute atomic E-state index is 4.88. The third-order valence-electron chi connectivity index (χ3n) is 1.33. The lowest BCUT2D eigenvalue weighted by Gasteiger charge is -1.84. The normalized spacial score (nSPS) is 10.5. The van der Waals surface area contributed by atoms with Crippen molar-refractivity contribution in [3.05, 3.63) is 17.0 Å². The molecule has 0 aliphatic carbocycles. The number of hydrogen-bond acceptors (Lipinski definition) is 4. The van der Waals surface area contributed by atoms with Crippen LogP contribution in [0.2, 0.25) is 0 Å². The predicted molar refractivity (Wildman–Crippen MR) is 44.2 cm³/mol. The van der Waals surface area contributed by atoms with Gasteiger partial charge in [0.2, 0.25) is 4.73 Å². The van der Waals surface area contributed by atoms with Crippen LogP contribution in [0.15, 0.2) is 21.5 Å². The van der Waals surface area contributed by atoms with E-state index in [1.165, 1.54) is 0 Å². The van der Waals surface area contributed by atoms with Crippen LogP contribution in [0.5, 0.6) is 0 Å². The lowest BCUT2D eigenvalue weighted by Crippen LogP contribution is -1.87. The van der Waals surface area contributed by atoms with Crippen molar-refractivity contribution in [3.8, 4) is 11.6 Å². The fraction of sp³-hybridized carbons (Fsp3) is 0.167. The van der Waals surface area contributed by atoms with Crippen molar-refractivity contribution in [2.45, 2.75) is 0 Å². The quantitative estimate of drug-likeness (QED) is 0.737. The first-order valence-electron chi connectivity index (χ1n) is 3.25. The molecule has 0 bridgehead atoms. The zero-order valence-corrected chi connectivity index (χ0v) is 7.82. The van der Waals surface area contributed by atoms with Crippen LogP contribution in [0.4, 0.5) is 0 Å². The van der Waals surface area contributed by atoms with Crippen molar-refractivity contribution < 1.29 is 4.52 Å². The minimum absolute atomic E-state index is 0.419. The van der Waals surface area contributed by atoms with Crippen LogP contribution in [-0.2, 0) is 7.05 Å². The van der Waals surface area contributed by atoms with E-state index < -0.39 is 0 Å². The minimum Gasteiger partial charge on any atom is -0.331 e. The molecule has 0 aliphatic heterocycles. The number of nitrogens with zero attached hydrogens (tertiary/aromatic N) is 4. The van der Waals surface area contributed by atoms with Gasteiger partial charge in [-0.25, -0.2) is 0 Å². The molecule has 0 fully saturated rings. The van der Waals surface area contributed by atoms with Gasteiger partial charge in [-0.1, -0.05) is 0 Å². The van der Waals surface area contributed by atoms with E-state index in [0.29, 0.717) is 16.3 Å². The van der Waals surface area contributed by atoms with E-state index in [4.69, 9.17) is 4.52 Å². The Morgan fingerprint density at radius 1 is 1.58 bits per heavy atom. The van der Waals surface area contributed by atoms with Gasteiger partial charge in [0, 0.05) is 13.2 Å². The van der Waals surface area contributed by atoms with Gasteiger partial charge in [-0.05, 0) is 27.2 Å². The van der Waals surface area contributed by atoms with Crippen LogP contribution < -0.4 is 0 Å². The van der Waals surface area contributed by atoms with Gasteiger partial charge in [0.05, 0.1) is 0 Å². The van der Waals surface area contributed by atoms with Gasteiger partial charge >= 0.3 is 0 Å². The van der Waals surface area contributed by atoms with Crippen molar-refractivity contribution in [1.29, 1.82) is 0 Å². The first kappa shape index (κ1) is 7.48. The highest BCUT2D eigenvalue weighted by Crippen LogP contribution is 2.15. The Labute approximate surface area is 76.5 Å². The highest BCUT2D eigenvalue weighted by Gasteiger charge is 2.08. The smallest absolute Gasteiger partial charge is 0.279 e. The zero-order valence-electron chi connectivity index (χ0n) is 6.23. The molecule has 0 aliphatic rings. The summed E-state index contributed by atoms with van der Waals surface area (Å²) in [4.78, 5) is 3.96. The Kier molecular flexibility index (Phi) is 1.69. The lowest BCUT2D eigenvalue weighted by atomic mass is 10.4. The molecule has 5 nitrogen and oxygen atoms in total. The molecule has 0 radical (unpaired) electrons. The molecule has 6 heteroatoms. The lowest BCUT2D eigenvalue weighted by molar-refractivity contribution is 0.424. The van der Waals surface area contributed by atoms with Crippen LogP contribution in [0, 0.1) is 0 Å². The number of aryl methyl sites for hydroxylation is 1. The van der Waals surface area contributed by atoms with Crippen molar-refractivity contribution in [2.24, 2.45) is 7.05 Å². The molecule has 0 amide bonds. The molecular formula is C6H5BrN4O. The maximum atomic E-state index is 4.88. The Bertz CT molecular complexity index is 355. The third kappa shape index (κ3) is 1.25.